The molecule has 0 radical (unpaired) electrons. The minimum atomic E-state index is 0.511. The van der Waals surface area contributed by atoms with E-state index >= 15 is 0 Å². The largest absolute Gasteiger partial charge is 0.436 e. The number of hydrogen-bond acceptors (Lipinski definition) is 6. The summed E-state index contributed by atoms with van der Waals surface area (Å²) >= 11 is 1.68. The fourth-order valence-corrected chi connectivity index (χ4v) is 7.88. The molecule has 0 atom stereocenters. The second-order valence-electron chi connectivity index (χ2n) is 12.2. The second-order valence-corrected chi connectivity index (χ2v) is 13.2. The maximum Gasteiger partial charge on any atom is 0.246 e. The summed E-state index contributed by atoms with van der Waals surface area (Å²) in [6.07, 6.45) is 0. The fourth-order valence-electron chi connectivity index (χ4n) is 6.86. The average Bonchev–Trinajstić information content (AvgIpc) is 3.75. The van der Waals surface area contributed by atoms with Crippen LogP contribution in [-0.2, 0) is 0 Å². The molecule has 0 unspecified atom stereocenters. The molecular weight excluding hydrogens is 633 g/mol. The topological polar surface area (TPSA) is 64.7 Å². The molecule has 0 saturated carbocycles. The minimum Gasteiger partial charge on any atom is -0.436 e. The normalized spacial score (nSPS) is 11.6. The molecular formula is C44H26N4OS. The van der Waals surface area contributed by atoms with Gasteiger partial charge < -0.3 is 4.42 Å². The van der Waals surface area contributed by atoms with Gasteiger partial charge in [-0.3, -0.25) is 0 Å². The van der Waals surface area contributed by atoms with Crippen LogP contribution in [0.25, 0.3) is 98.8 Å². The Labute approximate surface area is 291 Å². The SMILES string of the molecule is c1ccc(-c2nc3c(nc2-c2ccccc2-c2ccccc2-c2nc4sc5ccccc5c4nc2-c2ccccc2)oc2ccccc23)cc1. The summed E-state index contributed by atoms with van der Waals surface area (Å²) in [6.45, 7) is 0. The highest BCUT2D eigenvalue weighted by Gasteiger charge is 2.23. The van der Waals surface area contributed by atoms with Gasteiger partial charge in [-0.1, -0.05) is 140 Å². The number of rotatable bonds is 5. The van der Waals surface area contributed by atoms with Gasteiger partial charge in [-0.05, 0) is 29.3 Å². The number of thiophene rings is 1. The lowest BCUT2D eigenvalue weighted by Crippen LogP contribution is -1.98. The van der Waals surface area contributed by atoms with Gasteiger partial charge in [0.25, 0.3) is 0 Å². The third-order valence-electron chi connectivity index (χ3n) is 9.17. The number of furan rings is 1. The zero-order valence-corrected chi connectivity index (χ0v) is 27.4. The van der Waals surface area contributed by atoms with Gasteiger partial charge in [0.15, 0.2) is 0 Å². The van der Waals surface area contributed by atoms with E-state index in [0.717, 1.165) is 88.4 Å². The van der Waals surface area contributed by atoms with Crippen LogP contribution in [0.15, 0.2) is 162 Å². The van der Waals surface area contributed by atoms with Gasteiger partial charge in [0, 0.05) is 37.7 Å². The second kappa shape index (κ2) is 11.6. The van der Waals surface area contributed by atoms with Gasteiger partial charge in [-0.2, -0.15) is 0 Å². The van der Waals surface area contributed by atoms with Crippen molar-refractivity contribution in [3.63, 3.8) is 0 Å². The van der Waals surface area contributed by atoms with Crippen LogP contribution in [0.5, 0.6) is 0 Å². The Morgan fingerprint density at radius 1 is 0.380 bits per heavy atom. The summed E-state index contributed by atoms with van der Waals surface area (Å²) in [4.78, 5) is 22.1. The Kier molecular flexibility index (Phi) is 6.60. The van der Waals surface area contributed by atoms with Gasteiger partial charge >= 0.3 is 0 Å². The van der Waals surface area contributed by atoms with Gasteiger partial charge in [0.2, 0.25) is 5.71 Å². The molecule has 0 aliphatic heterocycles. The molecule has 50 heavy (non-hydrogen) atoms. The van der Waals surface area contributed by atoms with Crippen molar-refractivity contribution in [2.24, 2.45) is 0 Å². The van der Waals surface area contributed by atoms with Crippen LogP contribution in [-0.4, -0.2) is 19.9 Å². The molecule has 0 fully saturated rings. The van der Waals surface area contributed by atoms with Crippen LogP contribution in [0.4, 0.5) is 0 Å². The van der Waals surface area contributed by atoms with Gasteiger partial charge in [-0.25, -0.2) is 19.9 Å². The predicted octanol–water partition coefficient (Wildman–Crippen LogP) is 11.9. The molecule has 0 saturated heterocycles. The van der Waals surface area contributed by atoms with E-state index in [1.54, 1.807) is 11.3 Å². The van der Waals surface area contributed by atoms with Crippen LogP contribution < -0.4 is 0 Å². The van der Waals surface area contributed by atoms with Crippen molar-refractivity contribution in [2.75, 3.05) is 0 Å². The predicted molar refractivity (Wildman–Crippen MR) is 205 cm³/mol. The van der Waals surface area contributed by atoms with Crippen LogP contribution >= 0.6 is 11.3 Å². The van der Waals surface area contributed by atoms with E-state index in [1.807, 2.05) is 48.5 Å². The molecule has 234 valence electrons. The molecule has 0 aliphatic carbocycles. The third-order valence-corrected chi connectivity index (χ3v) is 10.2. The highest BCUT2D eigenvalue weighted by molar-refractivity contribution is 7.25. The van der Waals surface area contributed by atoms with Crippen LogP contribution in [0.2, 0.25) is 0 Å². The number of benzene rings is 6. The number of hydrogen-bond donors (Lipinski definition) is 0. The first-order chi connectivity index (χ1) is 24.8. The molecule has 0 aliphatic rings. The number of fused-ring (bicyclic) bond motifs is 6. The number of aromatic nitrogens is 4. The lowest BCUT2D eigenvalue weighted by molar-refractivity contribution is 0.653. The molecule has 4 heterocycles. The molecule has 6 aromatic carbocycles. The van der Waals surface area contributed by atoms with E-state index in [0.29, 0.717) is 5.71 Å². The van der Waals surface area contributed by atoms with E-state index in [1.165, 1.54) is 4.70 Å². The number of nitrogens with zero attached hydrogens (tertiary/aromatic N) is 4. The lowest BCUT2D eigenvalue weighted by atomic mass is 9.90. The van der Waals surface area contributed by atoms with E-state index in [4.69, 9.17) is 24.4 Å². The van der Waals surface area contributed by atoms with E-state index < -0.39 is 0 Å². The Balaban J connectivity index is 1.24. The molecule has 0 amide bonds. The molecule has 0 bridgehead atoms. The summed E-state index contributed by atoms with van der Waals surface area (Å²) in [7, 11) is 0. The van der Waals surface area contributed by atoms with Crippen molar-refractivity contribution in [2.45, 2.75) is 0 Å². The van der Waals surface area contributed by atoms with Crippen molar-refractivity contribution < 1.29 is 4.42 Å². The summed E-state index contributed by atoms with van der Waals surface area (Å²) in [5, 5.41) is 2.07. The molecule has 10 rings (SSSR count). The first-order valence-electron chi connectivity index (χ1n) is 16.5. The molecule has 5 nitrogen and oxygen atoms in total. The zero-order chi connectivity index (χ0) is 33.0. The van der Waals surface area contributed by atoms with E-state index in [2.05, 4.69) is 109 Å². The Morgan fingerprint density at radius 2 is 0.880 bits per heavy atom. The van der Waals surface area contributed by atoms with Gasteiger partial charge in [0.1, 0.15) is 27.1 Å². The Bertz CT molecular complexity index is 2680. The Morgan fingerprint density at radius 3 is 1.54 bits per heavy atom. The average molecular weight is 659 g/mol. The third kappa shape index (κ3) is 4.61. The van der Waals surface area contributed by atoms with E-state index in [-0.39, 0.29) is 0 Å². The molecule has 10 aromatic rings. The van der Waals surface area contributed by atoms with Crippen molar-refractivity contribution in [1.82, 2.24) is 19.9 Å². The quantitative estimate of drug-likeness (QED) is 0.184. The summed E-state index contributed by atoms with van der Waals surface area (Å²) in [5.41, 5.74) is 12.2. The molecule has 0 spiro atoms. The van der Waals surface area contributed by atoms with Crippen LogP contribution in [0.3, 0.4) is 0 Å². The highest BCUT2D eigenvalue weighted by atomic mass is 32.1. The van der Waals surface area contributed by atoms with Crippen molar-refractivity contribution in [3.05, 3.63) is 158 Å². The minimum absolute atomic E-state index is 0.511. The van der Waals surface area contributed by atoms with Crippen LogP contribution in [0.1, 0.15) is 0 Å². The van der Waals surface area contributed by atoms with Crippen LogP contribution in [0, 0.1) is 0 Å². The van der Waals surface area contributed by atoms with Crippen molar-refractivity contribution >= 4 is 54.0 Å². The van der Waals surface area contributed by atoms with E-state index in [9.17, 15) is 0 Å². The maximum absolute atomic E-state index is 6.28. The monoisotopic (exact) mass is 658 g/mol. The fraction of sp³-hybridized carbons (Fsp3) is 0. The first-order valence-corrected chi connectivity index (χ1v) is 17.3. The van der Waals surface area contributed by atoms with Crippen molar-refractivity contribution in [1.29, 1.82) is 0 Å². The van der Waals surface area contributed by atoms with Crippen molar-refractivity contribution in [3.8, 4) is 56.2 Å². The molecule has 0 N–H and O–H groups in total. The maximum atomic E-state index is 6.28. The summed E-state index contributed by atoms with van der Waals surface area (Å²) in [5.74, 6) is 0. The lowest BCUT2D eigenvalue weighted by Gasteiger charge is -2.17. The highest BCUT2D eigenvalue weighted by Crippen LogP contribution is 2.44. The Hall–Kier alpha value is -6.50. The molecule has 4 aromatic heterocycles. The number of para-hydroxylation sites is 1. The molecule has 6 heteroatoms. The summed E-state index contributed by atoms with van der Waals surface area (Å²) < 4.78 is 7.46. The zero-order valence-electron chi connectivity index (χ0n) is 26.6. The summed E-state index contributed by atoms with van der Waals surface area (Å²) in [6, 6.07) is 53.8. The van der Waals surface area contributed by atoms with Gasteiger partial charge in [-0.15, -0.1) is 11.3 Å². The smallest absolute Gasteiger partial charge is 0.246 e. The standard InChI is InChI=1S/C44H26N4OS/c1-3-15-27(16-4-1)37-39(47-43-41(45-37)33-23-11-13-25-35(33)49-43)31-21-9-7-19-29(31)30-20-8-10-22-32(30)40-38(28-17-5-2-6-18-28)46-42-34-24-12-14-26-36(34)50-44(42)48-40/h1-26H. The van der Waals surface area contributed by atoms with Gasteiger partial charge in [0.05, 0.1) is 17.1 Å². The first kappa shape index (κ1) is 28.5.